The lowest BCUT2D eigenvalue weighted by atomic mass is 9.35. The summed E-state index contributed by atoms with van der Waals surface area (Å²) in [6.45, 7) is 0. The van der Waals surface area contributed by atoms with Crippen molar-refractivity contribution in [2.45, 2.75) is 25.7 Å². The maximum absolute atomic E-state index is 9.76. The topological polar surface area (TPSA) is 95.2 Å². The molecule has 4 nitrogen and oxygen atoms in total. The highest BCUT2D eigenvalue weighted by Gasteiger charge is 2.74. The summed E-state index contributed by atoms with van der Waals surface area (Å²) in [6.07, 6.45) is 8.29. The van der Waals surface area contributed by atoms with Crippen LogP contribution < -0.4 is 0 Å². The third-order valence-corrected chi connectivity index (χ3v) is 6.37. The molecule has 0 heterocycles. The average molecular weight is 286 g/mol. The Morgan fingerprint density at radius 3 is 1.41 bits per heavy atom. The highest BCUT2D eigenvalue weighted by atomic mass is 14.7. The van der Waals surface area contributed by atoms with Gasteiger partial charge in [-0.2, -0.15) is 21.0 Å². The molecule has 0 aliphatic heterocycles. The van der Waals surface area contributed by atoms with Gasteiger partial charge in [-0.05, 0) is 37.5 Å². The van der Waals surface area contributed by atoms with Gasteiger partial charge in [0, 0.05) is 11.8 Å². The Labute approximate surface area is 129 Å². The molecule has 0 aromatic rings. The van der Waals surface area contributed by atoms with E-state index >= 15 is 0 Å². The van der Waals surface area contributed by atoms with Gasteiger partial charge in [0.2, 0.25) is 0 Å². The molecule has 5 aliphatic carbocycles. The van der Waals surface area contributed by atoms with Gasteiger partial charge in [-0.3, -0.25) is 0 Å². The molecule has 22 heavy (non-hydrogen) atoms. The quantitative estimate of drug-likeness (QED) is 0.639. The highest BCUT2D eigenvalue weighted by molar-refractivity contribution is 5.53. The molecule has 2 bridgehead atoms. The summed E-state index contributed by atoms with van der Waals surface area (Å²) >= 11 is 0. The molecule has 5 rings (SSSR count). The van der Waals surface area contributed by atoms with Gasteiger partial charge in [0.15, 0.2) is 10.8 Å². The van der Waals surface area contributed by atoms with Crippen molar-refractivity contribution < 1.29 is 0 Å². The predicted octanol–water partition coefficient (Wildman–Crippen LogP) is 2.99. The smallest absolute Gasteiger partial charge is 0.182 e. The van der Waals surface area contributed by atoms with Crippen molar-refractivity contribution in [2.24, 2.45) is 34.5 Å². The van der Waals surface area contributed by atoms with E-state index in [1.807, 2.05) is 12.2 Å². The molecule has 0 saturated heterocycles. The van der Waals surface area contributed by atoms with Crippen molar-refractivity contribution in [3.8, 4) is 24.3 Å². The maximum Gasteiger partial charge on any atom is 0.182 e. The number of fused-ring (bicyclic) bond motifs is 1. The van der Waals surface area contributed by atoms with E-state index in [1.165, 1.54) is 11.1 Å². The van der Waals surface area contributed by atoms with E-state index in [0.29, 0.717) is 0 Å². The summed E-state index contributed by atoms with van der Waals surface area (Å²) in [4.78, 5) is 0. The summed E-state index contributed by atoms with van der Waals surface area (Å²) in [5, 5.41) is 39.0. The summed E-state index contributed by atoms with van der Waals surface area (Å²) in [5.41, 5.74) is -0.273. The minimum atomic E-state index is -1.55. The highest BCUT2D eigenvalue weighted by Crippen LogP contribution is 2.71. The molecule has 0 aromatic carbocycles. The lowest BCUT2D eigenvalue weighted by molar-refractivity contribution is -0.0125. The first kappa shape index (κ1) is 13.1. The van der Waals surface area contributed by atoms with Gasteiger partial charge < -0.3 is 0 Å². The first-order valence-corrected chi connectivity index (χ1v) is 7.76. The van der Waals surface area contributed by atoms with Crippen molar-refractivity contribution >= 4 is 0 Å². The Morgan fingerprint density at radius 1 is 0.727 bits per heavy atom. The van der Waals surface area contributed by atoms with E-state index in [4.69, 9.17) is 0 Å². The molecule has 0 amide bonds. The molecule has 4 unspecified atom stereocenters. The second kappa shape index (κ2) is 4.00. The van der Waals surface area contributed by atoms with Gasteiger partial charge in [-0.25, -0.2) is 0 Å². The minimum Gasteiger partial charge on any atom is -0.196 e. The second-order valence-electron chi connectivity index (χ2n) is 6.81. The van der Waals surface area contributed by atoms with Crippen LogP contribution in [-0.2, 0) is 0 Å². The minimum absolute atomic E-state index is 0.194. The van der Waals surface area contributed by atoms with Crippen LogP contribution in [0.2, 0.25) is 0 Å². The molecule has 106 valence electrons. The Hall–Kier alpha value is -2.56. The van der Waals surface area contributed by atoms with E-state index in [2.05, 4.69) is 24.3 Å². The first-order chi connectivity index (χ1) is 10.7. The lowest BCUT2D eigenvalue weighted by Crippen LogP contribution is -2.64. The lowest BCUT2D eigenvalue weighted by Gasteiger charge is -2.63. The van der Waals surface area contributed by atoms with Gasteiger partial charge in [-0.1, -0.05) is 23.3 Å². The normalized spacial score (nSPS) is 38.4. The number of hydrogen-bond donors (Lipinski definition) is 0. The van der Waals surface area contributed by atoms with E-state index in [0.717, 1.165) is 25.7 Å². The van der Waals surface area contributed by atoms with Crippen LogP contribution in [-0.4, -0.2) is 0 Å². The number of rotatable bonds is 0. The van der Waals surface area contributed by atoms with Crippen LogP contribution in [0.1, 0.15) is 25.7 Å². The van der Waals surface area contributed by atoms with Crippen molar-refractivity contribution in [3.05, 3.63) is 23.3 Å². The van der Waals surface area contributed by atoms with E-state index in [-0.39, 0.29) is 23.7 Å². The Morgan fingerprint density at radius 2 is 1.09 bits per heavy atom. The Balaban J connectivity index is 1.97. The zero-order valence-electron chi connectivity index (χ0n) is 12.1. The van der Waals surface area contributed by atoms with Crippen molar-refractivity contribution in [2.75, 3.05) is 0 Å². The van der Waals surface area contributed by atoms with Crippen LogP contribution in [0.25, 0.3) is 0 Å². The number of allylic oxidation sites excluding steroid dienone is 4. The van der Waals surface area contributed by atoms with Crippen molar-refractivity contribution in [3.63, 3.8) is 0 Å². The monoisotopic (exact) mass is 286 g/mol. The van der Waals surface area contributed by atoms with Crippen LogP contribution in [0.3, 0.4) is 0 Å². The first-order valence-electron chi connectivity index (χ1n) is 7.76. The molecular weight excluding hydrogens is 272 g/mol. The fourth-order valence-corrected chi connectivity index (χ4v) is 5.46. The van der Waals surface area contributed by atoms with Gasteiger partial charge in [0.1, 0.15) is 0 Å². The van der Waals surface area contributed by atoms with Crippen molar-refractivity contribution in [1.29, 1.82) is 21.0 Å². The van der Waals surface area contributed by atoms with Gasteiger partial charge in [0.25, 0.3) is 0 Å². The summed E-state index contributed by atoms with van der Waals surface area (Å²) < 4.78 is 0. The molecule has 0 spiro atoms. The Bertz CT molecular complexity index is 695. The molecule has 0 N–H and O–H groups in total. The summed E-state index contributed by atoms with van der Waals surface area (Å²) in [5.74, 6) is -0.263. The van der Waals surface area contributed by atoms with Crippen LogP contribution in [0.4, 0.5) is 0 Å². The van der Waals surface area contributed by atoms with Crippen LogP contribution in [0.5, 0.6) is 0 Å². The van der Waals surface area contributed by atoms with Crippen LogP contribution in [0.15, 0.2) is 23.3 Å². The summed E-state index contributed by atoms with van der Waals surface area (Å²) in [7, 11) is 0. The molecule has 1 saturated carbocycles. The van der Waals surface area contributed by atoms with Crippen molar-refractivity contribution in [1.82, 2.24) is 0 Å². The SMILES string of the molecule is N#CC1(C#N)C2C=CC(C3C4=C(CCCC4)C32)C1(C#N)C#N. The van der Waals surface area contributed by atoms with Crippen LogP contribution >= 0.6 is 0 Å². The average Bonchev–Trinajstić information content (AvgIpc) is 2.57. The standard InChI is InChI=1S/C18H14N4/c19-7-17(8-20)13-5-6-14(18(17,9-21)10-22)16-12-4-2-1-3-11(12)15(13)16/h5-6,13-16H,1-4H2. The molecule has 4 heteroatoms. The fraction of sp³-hybridized carbons (Fsp3) is 0.556. The number of nitrogens with zero attached hydrogens (tertiary/aromatic N) is 4. The summed E-state index contributed by atoms with van der Waals surface area (Å²) in [6, 6.07) is 8.37. The number of hydrogen-bond acceptors (Lipinski definition) is 4. The molecule has 0 aromatic heterocycles. The van der Waals surface area contributed by atoms with E-state index in [9.17, 15) is 21.0 Å². The third kappa shape index (κ3) is 1.07. The molecule has 5 aliphatic rings. The van der Waals surface area contributed by atoms with Crippen LogP contribution in [0, 0.1) is 79.8 Å². The predicted molar refractivity (Wildman–Crippen MR) is 75.9 cm³/mol. The van der Waals surface area contributed by atoms with Gasteiger partial charge >= 0.3 is 0 Å². The molecule has 4 atom stereocenters. The fourth-order valence-electron chi connectivity index (χ4n) is 5.46. The second-order valence-corrected chi connectivity index (χ2v) is 6.81. The number of nitriles is 4. The molecule has 0 radical (unpaired) electrons. The molecular formula is C18H14N4. The van der Waals surface area contributed by atoms with E-state index in [1.54, 1.807) is 0 Å². The van der Waals surface area contributed by atoms with E-state index < -0.39 is 10.8 Å². The Kier molecular flexibility index (Phi) is 2.39. The van der Waals surface area contributed by atoms with Gasteiger partial charge in [0.05, 0.1) is 24.3 Å². The van der Waals surface area contributed by atoms with Gasteiger partial charge in [-0.15, -0.1) is 0 Å². The maximum atomic E-state index is 9.76. The zero-order valence-corrected chi connectivity index (χ0v) is 12.1. The zero-order chi connectivity index (χ0) is 15.5. The molecule has 1 fully saturated rings. The largest absolute Gasteiger partial charge is 0.196 e. The third-order valence-electron chi connectivity index (χ3n) is 6.37.